The second kappa shape index (κ2) is 8.09. The number of rotatable bonds is 6. The van der Waals surface area contributed by atoms with Crippen LogP contribution in [0.25, 0.3) is 0 Å². The van der Waals surface area contributed by atoms with E-state index in [1.165, 1.54) is 0 Å². The summed E-state index contributed by atoms with van der Waals surface area (Å²) in [6.45, 7) is 7.71. The third-order valence-corrected chi connectivity index (χ3v) is 5.87. The quantitative estimate of drug-likeness (QED) is 0.841. The number of hydrogen-bond donors (Lipinski definition) is 1. The zero-order chi connectivity index (χ0) is 17.7. The predicted octanol–water partition coefficient (Wildman–Crippen LogP) is 1.55. The van der Waals surface area contributed by atoms with Crippen molar-refractivity contribution in [3.05, 3.63) is 29.8 Å². The fraction of sp³-hybridized carbons (Fsp3) is 0.588. The highest BCUT2D eigenvalue weighted by Crippen LogP contribution is 2.17. The van der Waals surface area contributed by atoms with E-state index in [-0.39, 0.29) is 16.7 Å². The van der Waals surface area contributed by atoms with E-state index in [9.17, 15) is 13.2 Å². The summed E-state index contributed by atoms with van der Waals surface area (Å²) >= 11 is 0. The molecule has 6 nitrogen and oxygen atoms in total. The lowest BCUT2D eigenvalue weighted by Crippen LogP contribution is -2.54. The molecule has 0 unspecified atom stereocenters. The molecule has 2 atom stereocenters. The van der Waals surface area contributed by atoms with Crippen LogP contribution in [0.3, 0.4) is 0 Å². The number of morpholine rings is 1. The first kappa shape index (κ1) is 18.9. The lowest BCUT2D eigenvalue weighted by molar-refractivity contribution is -0.138. The van der Waals surface area contributed by atoms with Gasteiger partial charge in [-0.1, -0.05) is 38.0 Å². The van der Waals surface area contributed by atoms with Gasteiger partial charge in [-0.3, -0.25) is 4.79 Å². The molecule has 0 saturated carbocycles. The number of nitrogens with one attached hydrogen (secondary N) is 1. The SMILES string of the molecule is CC[C@H](C)[C@H](NS(=O)(=O)c1ccc(C)cc1)C(=O)N1CCOCC1. The summed E-state index contributed by atoms with van der Waals surface area (Å²) in [7, 11) is -3.74. The van der Waals surface area contributed by atoms with Crippen LogP contribution in [0.4, 0.5) is 0 Å². The van der Waals surface area contributed by atoms with Crippen molar-refractivity contribution < 1.29 is 17.9 Å². The largest absolute Gasteiger partial charge is 0.378 e. The van der Waals surface area contributed by atoms with Crippen molar-refractivity contribution in [1.29, 1.82) is 0 Å². The van der Waals surface area contributed by atoms with Crippen molar-refractivity contribution in [1.82, 2.24) is 9.62 Å². The molecule has 134 valence electrons. The maximum absolute atomic E-state index is 12.8. The highest BCUT2D eigenvalue weighted by molar-refractivity contribution is 7.89. The number of sulfonamides is 1. The average Bonchev–Trinajstić information content (AvgIpc) is 2.59. The van der Waals surface area contributed by atoms with Crippen molar-refractivity contribution in [3.8, 4) is 0 Å². The topological polar surface area (TPSA) is 75.7 Å². The number of nitrogens with zero attached hydrogens (tertiary/aromatic N) is 1. The highest BCUT2D eigenvalue weighted by Gasteiger charge is 2.33. The maximum atomic E-state index is 12.8. The van der Waals surface area contributed by atoms with E-state index < -0.39 is 16.1 Å². The Kier molecular flexibility index (Phi) is 6.37. The zero-order valence-electron chi connectivity index (χ0n) is 14.5. The van der Waals surface area contributed by atoms with E-state index >= 15 is 0 Å². The number of hydrogen-bond acceptors (Lipinski definition) is 4. The van der Waals surface area contributed by atoms with Crippen molar-refractivity contribution in [2.75, 3.05) is 26.3 Å². The summed E-state index contributed by atoms with van der Waals surface area (Å²) < 4.78 is 33.2. The van der Waals surface area contributed by atoms with Gasteiger partial charge in [-0.25, -0.2) is 8.42 Å². The van der Waals surface area contributed by atoms with Crippen molar-refractivity contribution in [3.63, 3.8) is 0 Å². The van der Waals surface area contributed by atoms with Gasteiger partial charge in [-0.05, 0) is 25.0 Å². The molecule has 2 rings (SSSR count). The first-order chi connectivity index (χ1) is 11.3. The molecule has 0 bridgehead atoms. The second-order valence-corrected chi connectivity index (χ2v) is 7.95. The van der Waals surface area contributed by atoms with Crippen LogP contribution in [-0.2, 0) is 19.6 Å². The van der Waals surface area contributed by atoms with Gasteiger partial charge >= 0.3 is 0 Å². The standard InChI is InChI=1S/C17H26N2O4S/c1-4-14(3)16(17(20)19-9-11-23-12-10-19)18-24(21,22)15-7-5-13(2)6-8-15/h5-8,14,16,18H,4,9-12H2,1-3H3/t14-,16-/m0/s1. The molecule has 1 amide bonds. The van der Waals surface area contributed by atoms with Gasteiger partial charge < -0.3 is 9.64 Å². The fourth-order valence-electron chi connectivity index (χ4n) is 2.58. The van der Waals surface area contributed by atoms with E-state index in [4.69, 9.17) is 4.74 Å². The molecule has 1 fully saturated rings. The molecule has 1 aromatic rings. The Morgan fingerprint density at radius 3 is 2.38 bits per heavy atom. The van der Waals surface area contributed by atoms with Gasteiger partial charge in [-0.15, -0.1) is 0 Å². The third kappa shape index (κ3) is 4.55. The minimum Gasteiger partial charge on any atom is -0.378 e. The number of benzene rings is 1. The summed E-state index contributed by atoms with van der Waals surface area (Å²) in [6, 6.07) is 5.85. The van der Waals surface area contributed by atoms with E-state index in [2.05, 4.69) is 4.72 Å². The van der Waals surface area contributed by atoms with Crippen LogP contribution in [0, 0.1) is 12.8 Å². The number of ether oxygens (including phenoxy) is 1. The van der Waals surface area contributed by atoms with Crippen molar-refractivity contribution >= 4 is 15.9 Å². The van der Waals surface area contributed by atoms with Gasteiger partial charge in [0.1, 0.15) is 6.04 Å². The predicted molar refractivity (Wildman–Crippen MR) is 92.1 cm³/mol. The monoisotopic (exact) mass is 354 g/mol. The average molecular weight is 354 g/mol. The van der Waals surface area contributed by atoms with Gasteiger partial charge in [0.15, 0.2) is 0 Å². The molecule has 0 aliphatic carbocycles. The molecule has 0 aromatic heterocycles. The Balaban J connectivity index is 2.21. The first-order valence-corrected chi connectivity index (χ1v) is 9.79. The Hall–Kier alpha value is -1.44. The van der Waals surface area contributed by atoms with Crippen molar-refractivity contribution in [2.45, 2.75) is 38.1 Å². The Morgan fingerprint density at radius 1 is 1.25 bits per heavy atom. The number of carbonyl (C=O) groups is 1. The number of aryl methyl sites for hydroxylation is 1. The summed E-state index contributed by atoms with van der Waals surface area (Å²) in [5, 5.41) is 0. The molecular weight excluding hydrogens is 328 g/mol. The molecule has 7 heteroatoms. The zero-order valence-corrected chi connectivity index (χ0v) is 15.3. The first-order valence-electron chi connectivity index (χ1n) is 8.30. The van der Waals surface area contributed by atoms with Crippen LogP contribution >= 0.6 is 0 Å². The molecule has 1 saturated heterocycles. The minimum absolute atomic E-state index is 0.0967. The maximum Gasteiger partial charge on any atom is 0.241 e. The lowest BCUT2D eigenvalue weighted by atomic mass is 9.99. The summed E-state index contributed by atoms with van der Waals surface area (Å²) in [6.07, 6.45) is 0.706. The number of carbonyl (C=O) groups excluding carboxylic acids is 1. The van der Waals surface area contributed by atoms with Gasteiger partial charge in [-0.2, -0.15) is 4.72 Å². The molecule has 1 N–H and O–H groups in total. The Morgan fingerprint density at radius 2 is 1.83 bits per heavy atom. The van der Waals surface area contributed by atoms with Crippen LogP contribution < -0.4 is 4.72 Å². The molecule has 1 aromatic carbocycles. The van der Waals surface area contributed by atoms with E-state index in [1.807, 2.05) is 20.8 Å². The van der Waals surface area contributed by atoms with Crippen LogP contribution in [-0.4, -0.2) is 51.6 Å². The van der Waals surface area contributed by atoms with E-state index in [0.717, 1.165) is 5.56 Å². The third-order valence-electron chi connectivity index (χ3n) is 4.42. The normalized spacial score (nSPS) is 18.2. The van der Waals surface area contributed by atoms with Crippen LogP contribution in [0.5, 0.6) is 0 Å². The molecule has 1 heterocycles. The smallest absolute Gasteiger partial charge is 0.241 e. The van der Waals surface area contributed by atoms with E-state index in [0.29, 0.717) is 32.7 Å². The second-order valence-electron chi connectivity index (χ2n) is 6.24. The van der Waals surface area contributed by atoms with Crippen LogP contribution in [0.15, 0.2) is 29.2 Å². The molecule has 24 heavy (non-hydrogen) atoms. The van der Waals surface area contributed by atoms with Gasteiger partial charge in [0.25, 0.3) is 0 Å². The fourth-order valence-corrected chi connectivity index (χ4v) is 3.88. The molecule has 1 aliphatic heterocycles. The van der Waals surface area contributed by atoms with Crippen LogP contribution in [0.2, 0.25) is 0 Å². The summed E-state index contributed by atoms with van der Waals surface area (Å²) in [4.78, 5) is 14.7. The number of amides is 1. The summed E-state index contributed by atoms with van der Waals surface area (Å²) in [5.74, 6) is -0.274. The van der Waals surface area contributed by atoms with Crippen LogP contribution in [0.1, 0.15) is 25.8 Å². The van der Waals surface area contributed by atoms with Crippen molar-refractivity contribution in [2.24, 2.45) is 5.92 Å². The van der Waals surface area contributed by atoms with E-state index in [1.54, 1.807) is 29.2 Å². The van der Waals surface area contributed by atoms with Gasteiger partial charge in [0.05, 0.1) is 18.1 Å². The molecule has 0 radical (unpaired) electrons. The molecule has 0 spiro atoms. The lowest BCUT2D eigenvalue weighted by Gasteiger charge is -2.32. The summed E-state index contributed by atoms with van der Waals surface area (Å²) in [5.41, 5.74) is 0.983. The van der Waals surface area contributed by atoms with Gasteiger partial charge in [0.2, 0.25) is 15.9 Å². The molecular formula is C17H26N2O4S. The molecule has 1 aliphatic rings. The Labute approximate surface area is 144 Å². The minimum atomic E-state index is -3.74. The van der Waals surface area contributed by atoms with Gasteiger partial charge in [0, 0.05) is 13.1 Å². The Bertz CT molecular complexity index is 652. The highest BCUT2D eigenvalue weighted by atomic mass is 32.2.